The van der Waals surface area contributed by atoms with Crippen LogP contribution in [0.15, 0.2) is 55.6 Å². The SMILES string of the molecule is Cc1oc(S(=N)(=O)NC(=O)Nc2c([C@@H](C)C3CC3)ccc3c2CCC3CC(c2cc(C#N)c3c(c2NC(=O)NS(=O)(=O)c2cc(C(C)(C)O)co2)CCC3)C2CC2)cc1C(C)(C)O. The van der Waals surface area contributed by atoms with Crippen LogP contribution in [0.5, 0.6) is 0 Å². The van der Waals surface area contributed by atoms with Crippen molar-refractivity contribution < 1.29 is 41.3 Å². The number of carbonyl (C=O) groups is 2. The molecule has 15 nitrogen and oxygen atoms in total. The number of carbonyl (C=O) groups excluding carboxylic acids is 2. The summed E-state index contributed by atoms with van der Waals surface area (Å²) in [5.41, 5.74) is 5.13. The zero-order valence-electron chi connectivity index (χ0n) is 36.4. The number of benzene rings is 2. The topological polar surface area (TPSA) is 248 Å². The summed E-state index contributed by atoms with van der Waals surface area (Å²) in [6, 6.07) is 9.20. The second kappa shape index (κ2) is 16.1. The molecule has 3 unspecified atom stereocenters. The van der Waals surface area contributed by atoms with Gasteiger partial charge >= 0.3 is 12.1 Å². The molecule has 0 aliphatic heterocycles. The second-order valence-electron chi connectivity index (χ2n) is 18.9. The van der Waals surface area contributed by atoms with Crippen molar-refractivity contribution >= 4 is 43.4 Å². The third-order valence-corrected chi connectivity index (χ3v) is 15.8. The number of rotatable bonds is 14. The Balaban J connectivity index is 1.09. The number of nitrogens with zero attached hydrogens (tertiary/aromatic N) is 1. The van der Waals surface area contributed by atoms with Gasteiger partial charge in [0.25, 0.3) is 10.0 Å². The van der Waals surface area contributed by atoms with E-state index in [1.54, 1.807) is 20.8 Å². The Morgan fingerprint density at radius 1 is 0.857 bits per heavy atom. The van der Waals surface area contributed by atoms with Crippen LogP contribution in [0.25, 0.3) is 0 Å². The number of urea groups is 2. The van der Waals surface area contributed by atoms with Crippen molar-refractivity contribution in [3.63, 3.8) is 0 Å². The van der Waals surface area contributed by atoms with Gasteiger partial charge < -0.3 is 29.7 Å². The van der Waals surface area contributed by atoms with Crippen molar-refractivity contribution in [2.24, 2.45) is 11.8 Å². The minimum absolute atomic E-state index is 0.0380. The Labute approximate surface area is 368 Å². The predicted molar refractivity (Wildman–Crippen MR) is 235 cm³/mol. The molecular formula is C46H56N6O9S2. The lowest BCUT2D eigenvalue weighted by Gasteiger charge is -2.27. The van der Waals surface area contributed by atoms with Crippen molar-refractivity contribution in [1.29, 1.82) is 10.0 Å². The summed E-state index contributed by atoms with van der Waals surface area (Å²) in [5, 5.41) is 36.4. The van der Waals surface area contributed by atoms with E-state index in [0.717, 1.165) is 78.2 Å². The summed E-state index contributed by atoms with van der Waals surface area (Å²) in [4.78, 5) is 27.4. The number of aryl methyl sites for hydroxylation is 1. The molecule has 4 amide bonds. The molecule has 2 aromatic heterocycles. The number of anilines is 2. The van der Waals surface area contributed by atoms with Crippen molar-refractivity contribution in [3.05, 3.63) is 92.4 Å². The number of nitrogens with one attached hydrogen (secondary N) is 5. The number of amides is 4. The summed E-state index contributed by atoms with van der Waals surface area (Å²) in [7, 11) is -8.41. The molecule has 0 saturated heterocycles. The third kappa shape index (κ3) is 9.00. The average molecular weight is 901 g/mol. The molecule has 0 spiro atoms. The van der Waals surface area contributed by atoms with Gasteiger partial charge in [0.2, 0.25) is 10.2 Å². The van der Waals surface area contributed by atoms with E-state index in [-0.39, 0.29) is 34.3 Å². The molecule has 336 valence electrons. The first-order valence-corrected chi connectivity index (χ1v) is 24.7. The van der Waals surface area contributed by atoms with Crippen LogP contribution in [-0.2, 0) is 50.4 Å². The van der Waals surface area contributed by atoms with Gasteiger partial charge in [0, 0.05) is 34.6 Å². The van der Waals surface area contributed by atoms with E-state index < -0.39 is 48.3 Å². The van der Waals surface area contributed by atoms with Crippen molar-refractivity contribution in [3.8, 4) is 6.07 Å². The largest absolute Gasteiger partial charge is 0.451 e. The highest BCUT2D eigenvalue weighted by Crippen LogP contribution is 2.54. The first kappa shape index (κ1) is 44.5. The molecule has 2 heterocycles. The number of nitriles is 1. The van der Waals surface area contributed by atoms with Gasteiger partial charge in [-0.2, -0.15) is 13.7 Å². The van der Waals surface area contributed by atoms with E-state index >= 15 is 0 Å². The summed E-state index contributed by atoms with van der Waals surface area (Å²) < 4.78 is 64.2. The molecule has 63 heavy (non-hydrogen) atoms. The summed E-state index contributed by atoms with van der Waals surface area (Å²) >= 11 is 0. The molecule has 7 N–H and O–H groups in total. The molecule has 8 rings (SSSR count). The van der Waals surface area contributed by atoms with Crippen molar-refractivity contribution in [1.82, 2.24) is 9.44 Å². The molecule has 2 saturated carbocycles. The molecule has 2 fully saturated rings. The fraction of sp³-hybridized carbons (Fsp3) is 0.500. The van der Waals surface area contributed by atoms with E-state index in [1.165, 1.54) is 26.0 Å². The number of hydrogen-bond acceptors (Lipinski definition) is 11. The lowest BCUT2D eigenvalue weighted by molar-refractivity contribution is 0.0766. The lowest BCUT2D eigenvalue weighted by Crippen LogP contribution is -2.35. The van der Waals surface area contributed by atoms with E-state index in [9.17, 15) is 37.7 Å². The maximum absolute atomic E-state index is 13.7. The Morgan fingerprint density at radius 2 is 1.51 bits per heavy atom. The number of fused-ring (bicyclic) bond motifs is 2. The molecular weight excluding hydrogens is 845 g/mol. The zero-order valence-corrected chi connectivity index (χ0v) is 38.1. The standard InChI is InChI=1S/C46H56N6O9S2/c1-24(26-10-11-26)31-16-17-33-28(14-15-35(33)41(31)49-43(53)51-62(48,57)40-21-38(25(2)61-40)46(5,6)56)18-36(27-12-13-27)37-19-29(22-47)32-8-7-9-34(32)42(37)50-44(54)52-63(58,59)39-20-30(23-60-39)45(3,4)55/h16-17,19-21,23-24,26-28,36,55-56H,7-15,18H2,1-6H3,(H2,50,52,54)(H3,48,49,51,53,57)/t24-,28?,36?,62?/m0/s1. The van der Waals surface area contributed by atoms with Gasteiger partial charge in [-0.25, -0.2) is 28.0 Å². The quantitative estimate of drug-likeness (QED) is 0.0634. The Bertz CT molecular complexity index is 2760. The van der Waals surface area contributed by atoms with Gasteiger partial charge in [-0.1, -0.05) is 19.1 Å². The Kier molecular flexibility index (Phi) is 11.4. The first-order valence-electron chi connectivity index (χ1n) is 21.7. The van der Waals surface area contributed by atoms with Crippen LogP contribution in [0, 0.1) is 34.9 Å². The van der Waals surface area contributed by atoms with Crippen LogP contribution < -0.4 is 20.1 Å². The maximum Gasteiger partial charge on any atom is 0.333 e. The van der Waals surface area contributed by atoms with Gasteiger partial charge in [0.15, 0.2) is 9.92 Å². The van der Waals surface area contributed by atoms with Crippen LogP contribution >= 0.6 is 0 Å². The van der Waals surface area contributed by atoms with Crippen LogP contribution in [0.4, 0.5) is 21.0 Å². The lowest BCUT2D eigenvalue weighted by atomic mass is 9.80. The molecule has 17 heteroatoms. The molecule has 4 aliphatic rings. The molecule has 0 bridgehead atoms. The summed E-state index contributed by atoms with van der Waals surface area (Å²) in [6.07, 6.45) is 9.34. The second-order valence-corrected chi connectivity index (χ2v) is 22.3. The first-order chi connectivity index (χ1) is 29.6. The van der Waals surface area contributed by atoms with E-state index in [4.69, 9.17) is 13.6 Å². The fourth-order valence-electron chi connectivity index (χ4n) is 9.77. The smallest absolute Gasteiger partial charge is 0.333 e. The van der Waals surface area contributed by atoms with Crippen LogP contribution in [0.1, 0.15) is 153 Å². The highest BCUT2D eigenvalue weighted by Gasteiger charge is 2.41. The highest BCUT2D eigenvalue weighted by atomic mass is 32.2. The van der Waals surface area contributed by atoms with Gasteiger partial charge in [-0.15, -0.1) is 0 Å². The minimum atomic E-state index is -4.46. The van der Waals surface area contributed by atoms with Gasteiger partial charge in [0.1, 0.15) is 5.76 Å². The number of aliphatic hydroxyl groups is 2. The number of furan rings is 2. The van der Waals surface area contributed by atoms with Crippen LogP contribution in [0.3, 0.4) is 0 Å². The van der Waals surface area contributed by atoms with Crippen LogP contribution in [-0.4, -0.2) is 34.9 Å². The molecule has 4 aromatic rings. The molecule has 0 radical (unpaired) electrons. The van der Waals surface area contributed by atoms with Crippen molar-refractivity contribution in [2.75, 3.05) is 10.6 Å². The van der Waals surface area contributed by atoms with Gasteiger partial charge in [-0.3, -0.25) is 0 Å². The number of hydrogen-bond donors (Lipinski definition) is 7. The predicted octanol–water partition coefficient (Wildman–Crippen LogP) is 8.78. The average Bonchev–Trinajstić information content (AvgIpc) is 3.97. The Hall–Kier alpha value is -5.15. The minimum Gasteiger partial charge on any atom is -0.451 e. The fourth-order valence-corrected chi connectivity index (χ4v) is 11.6. The number of sulfonamides is 1. The highest BCUT2D eigenvalue weighted by molar-refractivity contribution is 7.91. The van der Waals surface area contributed by atoms with E-state index in [0.29, 0.717) is 59.9 Å². The summed E-state index contributed by atoms with van der Waals surface area (Å²) in [5.74, 6) is 1.12. The maximum atomic E-state index is 13.7. The Morgan fingerprint density at radius 3 is 2.11 bits per heavy atom. The third-order valence-electron chi connectivity index (χ3n) is 13.4. The normalized spacial score (nSPS) is 19.3. The monoisotopic (exact) mass is 900 g/mol. The zero-order chi connectivity index (χ0) is 45.4. The molecule has 4 aliphatic carbocycles. The molecule has 2 aromatic carbocycles. The summed E-state index contributed by atoms with van der Waals surface area (Å²) in [6.45, 7) is 9.83. The van der Waals surface area contributed by atoms with Crippen molar-refractivity contribution in [2.45, 2.75) is 145 Å². The van der Waals surface area contributed by atoms with Gasteiger partial charge in [0.05, 0.1) is 29.1 Å². The van der Waals surface area contributed by atoms with Crippen LogP contribution in [0.2, 0.25) is 0 Å². The van der Waals surface area contributed by atoms with E-state index in [2.05, 4.69) is 45.2 Å². The molecule has 4 atom stereocenters. The van der Waals surface area contributed by atoms with E-state index in [1.807, 2.05) is 6.07 Å². The van der Waals surface area contributed by atoms with Gasteiger partial charge in [-0.05, 0) is 168 Å².